The van der Waals surface area contributed by atoms with Crippen LogP contribution in [-0.2, 0) is 19.5 Å². The first-order valence-corrected chi connectivity index (χ1v) is 17.9. The number of aromatic nitrogens is 2. The number of rotatable bonds is 30. The van der Waals surface area contributed by atoms with Gasteiger partial charge in [0.2, 0.25) is 0 Å². The van der Waals surface area contributed by atoms with Crippen LogP contribution in [-0.4, -0.2) is 4.57 Å². The fourth-order valence-electron chi connectivity index (χ4n) is 6.05. The van der Waals surface area contributed by atoms with Gasteiger partial charge in [0, 0.05) is 6.42 Å². The zero-order valence-electron chi connectivity index (χ0n) is 26.8. The van der Waals surface area contributed by atoms with Crippen LogP contribution >= 0.6 is 0 Å². The van der Waals surface area contributed by atoms with Crippen LogP contribution in [0.25, 0.3) is 0 Å². The van der Waals surface area contributed by atoms with Gasteiger partial charge in [-0.1, -0.05) is 168 Å². The molecule has 0 aliphatic rings. The average molecular weight is 532 g/mol. The van der Waals surface area contributed by atoms with Gasteiger partial charge in [0.05, 0.1) is 13.1 Å². The summed E-state index contributed by atoms with van der Waals surface area (Å²) in [5, 5.41) is 0. The van der Waals surface area contributed by atoms with Crippen LogP contribution in [0.3, 0.4) is 0 Å². The first-order valence-electron chi connectivity index (χ1n) is 17.9. The van der Waals surface area contributed by atoms with Gasteiger partial charge in [0.15, 0.2) is 0 Å². The summed E-state index contributed by atoms with van der Waals surface area (Å²) in [4.78, 5) is 0. The summed E-state index contributed by atoms with van der Waals surface area (Å²) in [5.41, 5.74) is 0. The van der Waals surface area contributed by atoms with Crippen LogP contribution in [0.5, 0.6) is 0 Å². The first-order chi connectivity index (χ1) is 18.8. The summed E-state index contributed by atoms with van der Waals surface area (Å²) >= 11 is 0. The van der Waals surface area contributed by atoms with E-state index in [1.165, 1.54) is 186 Å². The van der Waals surface area contributed by atoms with Gasteiger partial charge in [-0.25, -0.2) is 9.13 Å². The monoisotopic (exact) mass is 532 g/mol. The van der Waals surface area contributed by atoms with E-state index in [1.807, 2.05) is 0 Å². The van der Waals surface area contributed by atoms with Crippen LogP contribution in [0, 0.1) is 0 Å². The molecule has 0 N–H and O–H groups in total. The molecule has 1 aromatic heterocycles. The van der Waals surface area contributed by atoms with Crippen molar-refractivity contribution in [1.29, 1.82) is 0 Å². The van der Waals surface area contributed by atoms with Crippen molar-refractivity contribution in [2.24, 2.45) is 0 Å². The Hall–Kier alpha value is -0.790. The van der Waals surface area contributed by atoms with Crippen molar-refractivity contribution in [3.8, 4) is 0 Å². The Bertz CT molecular complexity index is 590. The standard InChI is InChI=1S/C36H71N2/c1-4-7-9-11-13-15-17-19-21-23-25-27-29-31-33-38-35-34-37(6-3)36(38)32-30-28-26-24-22-20-18-16-14-12-10-8-5-2/h34-35H,4-33H2,1-3H3/q+1. The normalized spacial score (nSPS) is 11.6. The average Bonchev–Trinajstić information content (AvgIpc) is 3.33. The molecule has 1 heterocycles. The van der Waals surface area contributed by atoms with E-state index in [0.717, 1.165) is 6.54 Å². The SMILES string of the molecule is CCCCCCCCCCCCCCCCn1cc[n+](CC)c1CCCCCCCCCCCCCCC. The molecule has 224 valence electrons. The summed E-state index contributed by atoms with van der Waals surface area (Å²) in [6, 6.07) is 0. The molecule has 1 aromatic rings. The Balaban J connectivity index is 2.00. The Morgan fingerprint density at radius 1 is 0.447 bits per heavy atom. The zero-order valence-corrected chi connectivity index (χ0v) is 26.8. The molecule has 0 bridgehead atoms. The molecule has 0 radical (unpaired) electrons. The Morgan fingerprint density at radius 3 is 1.16 bits per heavy atom. The van der Waals surface area contributed by atoms with E-state index in [0.29, 0.717) is 0 Å². The second-order valence-electron chi connectivity index (χ2n) is 12.3. The summed E-state index contributed by atoms with van der Waals surface area (Å²) < 4.78 is 5.06. The van der Waals surface area contributed by atoms with E-state index >= 15 is 0 Å². The van der Waals surface area contributed by atoms with Crippen LogP contribution < -0.4 is 4.57 Å². The molecular weight excluding hydrogens is 460 g/mol. The molecular formula is C36H71N2+. The van der Waals surface area contributed by atoms with Crippen molar-refractivity contribution in [2.45, 2.75) is 214 Å². The summed E-state index contributed by atoms with van der Waals surface area (Å²) in [5.74, 6) is 1.57. The van der Waals surface area contributed by atoms with Gasteiger partial charge in [-0.05, 0) is 26.2 Å². The maximum atomic E-state index is 2.57. The highest BCUT2D eigenvalue weighted by molar-refractivity contribution is 4.84. The minimum atomic E-state index is 1.11. The van der Waals surface area contributed by atoms with E-state index in [2.05, 4.69) is 42.3 Å². The molecule has 2 heteroatoms. The van der Waals surface area contributed by atoms with E-state index in [4.69, 9.17) is 0 Å². The van der Waals surface area contributed by atoms with Gasteiger partial charge in [0.25, 0.3) is 5.82 Å². The Labute approximate surface area is 240 Å². The molecule has 0 saturated heterocycles. The number of imidazole rings is 1. The topological polar surface area (TPSA) is 8.81 Å². The summed E-state index contributed by atoms with van der Waals surface area (Å²) in [6.07, 6.45) is 44.8. The molecule has 0 saturated carbocycles. The van der Waals surface area contributed by atoms with Gasteiger partial charge >= 0.3 is 0 Å². The zero-order chi connectivity index (χ0) is 27.4. The second-order valence-corrected chi connectivity index (χ2v) is 12.3. The second kappa shape index (κ2) is 27.8. The van der Waals surface area contributed by atoms with Gasteiger partial charge in [-0.15, -0.1) is 0 Å². The van der Waals surface area contributed by atoms with Crippen molar-refractivity contribution >= 4 is 0 Å². The molecule has 0 aliphatic carbocycles. The fourth-order valence-corrected chi connectivity index (χ4v) is 6.05. The lowest BCUT2D eigenvalue weighted by Gasteiger charge is -2.06. The van der Waals surface area contributed by atoms with Crippen molar-refractivity contribution in [3.63, 3.8) is 0 Å². The fraction of sp³-hybridized carbons (Fsp3) is 0.917. The number of aryl methyl sites for hydroxylation is 2. The highest BCUT2D eigenvalue weighted by Crippen LogP contribution is 2.15. The van der Waals surface area contributed by atoms with Crippen molar-refractivity contribution in [3.05, 3.63) is 18.2 Å². The van der Waals surface area contributed by atoms with Gasteiger partial charge in [-0.3, -0.25) is 0 Å². The smallest absolute Gasteiger partial charge is 0.235 e. The predicted octanol–water partition coefficient (Wildman–Crippen LogP) is 11.9. The van der Waals surface area contributed by atoms with Crippen LogP contribution in [0.2, 0.25) is 0 Å². The van der Waals surface area contributed by atoms with Crippen LogP contribution in [0.4, 0.5) is 0 Å². The van der Waals surface area contributed by atoms with Gasteiger partial charge in [0.1, 0.15) is 12.4 Å². The predicted molar refractivity (Wildman–Crippen MR) is 170 cm³/mol. The van der Waals surface area contributed by atoms with Crippen LogP contribution in [0.1, 0.15) is 200 Å². The molecule has 0 spiro atoms. The number of hydrogen-bond donors (Lipinski definition) is 0. The number of nitrogens with zero attached hydrogens (tertiary/aromatic N) is 2. The quantitative estimate of drug-likeness (QED) is 0.0689. The first kappa shape index (κ1) is 35.2. The summed E-state index contributed by atoms with van der Waals surface area (Å²) in [7, 11) is 0. The highest BCUT2D eigenvalue weighted by atomic mass is 15.1. The Kier molecular flexibility index (Phi) is 25.7. The molecule has 1 rings (SSSR count). The highest BCUT2D eigenvalue weighted by Gasteiger charge is 2.15. The molecule has 0 atom stereocenters. The van der Waals surface area contributed by atoms with E-state index < -0.39 is 0 Å². The number of unbranched alkanes of at least 4 members (excludes halogenated alkanes) is 25. The number of hydrogen-bond acceptors (Lipinski definition) is 0. The maximum absolute atomic E-state index is 2.57. The van der Waals surface area contributed by atoms with Crippen molar-refractivity contribution in [2.75, 3.05) is 0 Å². The molecule has 38 heavy (non-hydrogen) atoms. The summed E-state index contributed by atoms with van der Waals surface area (Å²) in [6.45, 7) is 9.24. The van der Waals surface area contributed by atoms with E-state index in [9.17, 15) is 0 Å². The minimum absolute atomic E-state index is 1.11. The van der Waals surface area contributed by atoms with Gasteiger partial charge in [-0.2, -0.15) is 0 Å². The van der Waals surface area contributed by atoms with Crippen LogP contribution in [0.15, 0.2) is 12.4 Å². The molecule has 0 amide bonds. The third-order valence-corrected chi connectivity index (χ3v) is 8.69. The minimum Gasteiger partial charge on any atom is -0.235 e. The molecule has 0 fully saturated rings. The third kappa shape index (κ3) is 20.2. The van der Waals surface area contributed by atoms with Crippen molar-refractivity contribution < 1.29 is 4.57 Å². The lowest BCUT2D eigenvalue weighted by molar-refractivity contribution is -0.700. The van der Waals surface area contributed by atoms with Gasteiger partial charge < -0.3 is 0 Å². The molecule has 0 unspecified atom stereocenters. The van der Waals surface area contributed by atoms with E-state index in [-0.39, 0.29) is 0 Å². The maximum Gasteiger partial charge on any atom is 0.256 e. The third-order valence-electron chi connectivity index (χ3n) is 8.69. The Morgan fingerprint density at radius 2 is 0.789 bits per heavy atom. The molecule has 0 aromatic carbocycles. The lowest BCUT2D eigenvalue weighted by Crippen LogP contribution is -2.36. The molecule has 2 nitrogen and oxygen atoms in total. The van der Waals surface area contributed by atoms with Crippen molar-refractivity contribution in [1.82, 2.24) is 4.57 Å². The lowest BCUT2D eigenvalue weighted by atomic mass is 10.0. The molecule has 0 aliphatic heterocycles. The largest absolute Gasteiger partial charge is 0.256 e. The van der Waals surface area contributed by atoms with E-state index in [1.54, 1.807) is 5.82 Å².